The van der Waals surface area contributed by atoms with Crippen molar-refractivity contribution in [1.82, 2.24) is 9.88 Å². The van der Waals surface area contributed by atoms with Crippen molar-refractivity contribution < 1.29 is 4.79 Å². The SMILES string of the molecule is Cc1c(C(=O)NC2CCCC2)sc(=O)n1Cc1ccccc1. The van der Waals surface area contributed by atoms with Crippen molar-refractivity contribution in [3.8, 4) is 0 Å². The summed E-state index contributed by atoms with van der Waals surface area (Å²) in [4.78, 5) is 25.1. The number of rotatable bonds is 4. The molecular weight excluding hydrogens is 296 g/mol. The maximum absolute atomic E-state index is 12.4. The molecule has 0 radical (unpaired) electrons. The Labute approximate surface area is 133 Å². The first-order chi connectivity index (χ1) is 10.6. The Balaban J connectivity index is 1.80. The average Bonchev–Trinajstić information content (AvgIpc) is 3.11. The molecule has 116 valence electrons. The third-order valence-corrected chi connectivity index (χ3v) is 5.30. The van der Waals surface area contributed by atoms with Crippen LogP contribution in [0.15, 0.2) is 35.1 Å². The van der Waals surface area contributed by atoms with Crippen molar-refractivity contribution in [2.45, 2.75) is 45.2 Å². The zero-order valence-corrected chi connectivity index (χ0v) is 13.5. The van der Waals surface area contributed by atoms with E-state index in [1.165, 1.54) is 12.8 Å². The molecule has 1 amide bonds. The fraction of sp³-hybridized carbons (Fsp3) is 0.412. The van der Waals surface area contributed by atoms with E-state index in [-0.39, 0.29) is 16.8 Å². The molecule has 1 saturated carbocycles. The van der Waals surface area contributed by atoms with Gasteiger partial charge in [-0.2, -0.15) is 0 Å². The third kappa shape index (κ3) is 3.14. The normalized spacial score (nSPS) is 15.1. The van der Waals surface area contributed by atoms with Crippen LogP contribution in [0.25, 0.3) is 0 Å². The lowest BCUT2D eigenvalue weighted by Gasteiger charge is -2.11. The molecule has 1 aromatic heterocycles. The van der Waals surface area contributed by atoms with Gasteiger partial charge in [-0.15, -0.1) is 0 Å². The van der Waals surface area contributed by atoms with Crippen molar-refractivity contribution in [1.29, 1.82) is 0 Å². The summed E-state index contributed by atoms with van der Waals surface area (Å²) in [6.07, 6.45) is 4.44. The second-order valence-corrected chi connectivity index (χ2v) is 6.77. The molecule has 1 heterocycles. The Bertz CT molecular complexity index is 712. The van der Waals surface area contributed by atoms with E-state index in [0.717, 1.165) is 35.4 Å². The van der Waals surface area contributed by atoms with Gasteiger partial charge >= 0.3 is 4.87 Å². The van der Waals surface area contributed by atoms with Gasteiger partial charge in [0.25, 0.3) is 5.91 Å². The molecule has 1 N–H and O–H groups in total. The van der Waals surface area contributed by atoms with Crippen LogP contribution in [0.1, 0.15) is 46.6 Å². The molecule has 1 aromatic carbocycles. The van der Waals surface area contributed by atoms with Gasteiger partial charge in [0.1, 0.15) is 4.88 Å². The zero-order valence-electron chi connectivity index (χ0n) is 12.7. The Hall–Kier alpha value is -1.88. The molecule has 22 heavy (non-hydrogen) atoms. The van der Waals surface area contributed by atoms with E-state index in [9.17, 15) is 9.59 Å². The molecule has 4 nitrogen and oxygen atoms in total. The van der Waals surface area contributed by atoms with Crippen LogP contribution in [0, 0.1) is 6.92 Å². The summed E-state index contributed by atoms with van der Waals surface area (Å²) in [5.41, 5.74) is 1.82. The average molecular weight is 316 g/mol. The van der Waals surface area contributed by atoms with Crippen LogP contribution < -0.4 is 10.2 Å². The molecule has 0 unspecified atom stereocenters. The van der Waals surface area contributed by atoms with E-state index in [1.54, 1.807) is 4.57 Å². The number of aromatic nitrogens is 1. The second-order valence-electron chi connectivity index (χ2n) is 5.81. The summed E-state index contributed by atoms with van der Waals surface area (Å²) < 4.78 is 1.68. The Morgan fingerprint density at radius 1 is 1.27 bits per heavy atom. The first-order valence-electron chi connectivity index (χ1n) is 7.70. The number of thiazole rings is 1. The number of nitrogens with one attached hydrogen (secondary N) is 1. The quantitative estimate of drug-likeness (QED) is 0.943. The number of carbonyl (C=O) groups excluding carboxylic acids is 1. The summed E-state index contributed by atoms with van der Waals surface area (Å²) in [6.45, 7) is 2.36. The topological polar surface area (TPSA) is 51.1 Å². The maximum atomic E-state index is 12.4. The first kappa shape index (κ1) is 15.0. The fourth-order valence-electron chi connectivity index (χ4n) is 2.96. The second kappa shape index (κ2) is 6.48. The predicted molar refractivity (Wildman–Crippen MR) is 88.6 cm³/mol. The summed E-state index contributed by atoms with van der Waals surface area (Å²) in [6, 6.07) is 10.1. The number of benzene rings is 1. The maximum Gasteiger partial charge on any atom is 0.308 e. The van der Waals surface area contributed by atoms with Gasteiger partial charge in [0.15, 0.2) is 0 Å². The smallest absolute Gasteiger partial charge is 0.308 e. The van der Waals surface area contributed by atoms with Crippen molar-refractivity contribution in [2.24, 2.45) is 0 Å². The molecule has 1 aliphatic carbocycles. The van der Waals surface area contributed by atoms with Gasteiger partial charge in [-0.05, 0) is 25.3 Å². The van der Waals surface area contributed by atoms with E-state index >= 15 is 0 Å². The van der Waals surface area contributed by atoms with Crippen LogP contribution >= 0.6 is 11.3 Å². The van der Waals surface area contributed by atoms with Crippen LogP contribution in [0.4, 0.5) is 0 Å². The highest BCUT2D eigenvalue weighted by Crippen LogP contribution is 2.19. The molecule has 0 saturated heterocycles. The highest BCUT2D eigenvalue weighted by atomic mass is 32.1. The highest BCUT2D eigenvalue weighted by Gasteiger charge is 2.22. The number of hydrogen-bond donors (Lipinski definition) is 1. The summed E-state index contributed by atoms with van der Waals surface area (Å²) >= 11 is 1.05. The van der Waals surface area contributed by atoms with E-state index in [4.69, 9.17) is 0 Å². The molecule has 2 aromatic rings. The number of amides is 1. The van der Waals surface area contributed by atoms with Crippen LogP contribution in [0.3, 0.4) is 0 Å². The standard InChI is InChI=1S/C17H20N2O2S/c1-12-15(16(20)18-14-9-5-6-10-14)22-17(21)19(12)11-13-7-3-2-4-8-13/h2-4,7-8,14H,5-6,9-11H2,1H3,(H,18,20). The van der Waals surface area contributed by atoms with Gasteiger partial charge in [0.2, 0.25) is 0 Å². The first-order valence-corrected chi connectivity index (χ1v) is 8.52. The van der Waals surface area contributed by atoms with Gasteiger partial charge in [-0.3, -0.25) is 14.2 Å². The number of hydrogen-bond acceptors (Lipinski definition) is 3. The van der Waals surface area contributed by atoms with Gasteiger partial charge in [0.05, 0.1) is 6.54 Å². The molecule has 1 aliphatic rings. The minimum absolute atomic E-state index is 0.0714. The van der Waals surface area contributed by atoms with Crippen molar-refractivity contribution >= 4 is 17.2 Å². The molecule has 0 spiro atoms. The van der Waals surface area contributed by atoms with Crippen molar-refractivity contribution in [2.75, 3.05) is 0 Å². The third-order valence-electron chi connectivity index (χ3n) is 4.22. The lowest BCUT2D eigenvalue weighted by atomic mass is 10.2. The van der Waals surface area contributed by atoms with Gasteiger partial charge in [0, 0.05) is 11.7 Å². The van der Waals surface area contributed by atoms with Gasteiger partial charge in [-0.25, -0.2) is 0 Å². The Kier molecular flexibility index (Phi) is 4.43. The summed E-state index contributed by atoms with van der Waals surface area (Å²) in [5.74, 6) is -0.0988. The van der Waals surface area contributed by atoms with Crippen molar-refractivity contribution in [3.05, 3.63) is 56.1 Å². The zero-order chi connectivity index (χ0) is 15.5. The predicted octanol–water partition coefficient (Wildman–Crippen LogP) is 2.94. The lowest BCUT2D eigenvalue weighted by Crippen LogP contribution is -2.32. The van der Waals surface area contributed by atoms with Crippen LogP contribution in [0.5, 0.6) is 0 Å². The molecule has 0 bridgehead atoms. The molecule has 3 rings (SSSR count). The monoisotopic (exact) mass is 316 g/mol. The Morgan fingerprint density at radius 3 is 2.64 bits per heavy atom. The van der Waals surface area contributed by atoms with E-state index < -0.39 is 0 Å². The van der Waals surface area contributed by atoms with Gasteiger partial charge < -0.3 is 5.32 Å². The Morgan fingerprint density at radius 2 is 1.95 bits per heavy atom. The molecule has 0 aliphatic heterocycles. The minimum Gasteiger partial charge on any atom is -0.349 e. The van der Waals surface area contributed by atoms with Crippen LogP contribution in [-0.2, 0) is 6.54 Å². The van der Waals surface area contributed by atoms with Gasteiger partial charge in [-0.1, -0.05) is 54.5 Å². The summed E-state index contributed by atoms with van der Waals surface area (Å²) in [5, 5.41) is 3.06. The largest absolute Gasteiger partial charge is 0.349 e. The highest BCUT2D eigenvalue weighted by molar-refractivity contribution is 7.11. The van der Waals surface area contributed by atoms with Crippen molar-refractivity contribution in [3.63, 3.8) is 0 Å². The van der Waals surface area contributed by atoms with E-state index in [0.29, 0.717) is 11.4 Å². The minimum atomic E-state index is -0.0988. The van der Waals surface area contributed by atoms with E-state index in [1.807, 2.05) is 37.3 Å². The summed E-state index contributed by atoms with van der Waals surface area (Å²) in [7, 11) is 0. The molecule has 0 atom stereocenters. The molecular formula is C17H20N2O2S. The van der Waals surface area contributed by atoms with Crippen LogP contribution in [0.2, 0.25) is 0 Å². The lowest BCUT2D eigenvalue weighted by molar-refractivity contribution is 0.0941. The fourth-order valence-corrected chi connectivity index (χ4v) is 3.85. The van der Waals surface area contributed by atoms with E-state index in [2.05, 4.69) is 5.32 Å². The molecule has 1 fully saturated rings. The molecule has 5 heteroatoms. The number of carbonyl (C=O) groups is 1. The number of nitrogens with zero attached hydrogens (tertiary/aromatic N) is 1. The van der Waals surface area contributed by atoms with Crippen LogP contribution in [-0.4, -0.2) is 16.5 Å².